The Balaban J connectivity index is 2.00. The van der Waals surface area contributed by atoms with Gasteiger partial charge in [-0.2, -0.15) is 11.8 Å². The second-order valence-corrected chi connectivity index (χ2v) is 5.67. The fourth-order valence-electron chi connectivity index (χ4n) is 2.03. The van der Waals surface area contributed by atoms with Crippen LogP contribution in [0.1, 0.15) is 18.4 Å². The highest BCUT2D eigenvalue weighted by Gasteiger charge is 2.16. The Labute approximate surface area is 105 Å². The molecule has 0 amide bonds. The molecule has 1 aliphatic heterocycles. The number of aryl methyl sites for hydroxylation is 1. The van der Waals surface area contributed by atoms with Crippen LogP contribution in [0.2, 0.25) is 0 Å². The molecule has 1 fully saturated rings. The Morgan fingerprint density at radius 1 is 1.41 bits per heavy atom. The summed E-state index contributed by atoms with van der Waals surface area (Å²) in [6.07, 6.45) is 2.35. The maximum atomic E-state index is 13.7. The summed E-state index contributed by atoms with van der Waals surface area (Å²) in [5.41, 5.74) is 0.507. The van der Waals surface area contributed by atoms with E-state index in [1.165, 1.54) is 24.3 Å². The van der Waals surface area contributed by atoms with Gasteiger partial charge in [-0.3, -0.25) is 0 Å². The molecule has 1 aliphatic rings. The van der Waals surface area contributed by atoms with Crippen LogP contribution in [-0.4, -0.2) is 18.1 Å². The van der Waals surface area contributed by atoms with Crippen LogP contribution in [0.15, 0.2) is 12.1 Å². The normalized spacial score (nSPS) is 20.3. The van der Waals surface area contributed by atoms with Crippen molar-refractivity contribution >= 4 is 17.4 Å². The van der Waals surface area contributed by atoms with Crippen molar-refractivity contribution in [1.82, 2.24) is 0 Å². The van der Waals surface area contributed by atoms with E-state index in [1.807, 2.05) is 11.8 Å². The molecule has 4 heteroatoms. The first kappa shape index (κ1) is 12.7. The molecule has 0 aliphatic carbocycles. The van der Waals surface area contributed by atoms with Gasteiger partial charge < -0.3 is 5.32 Å². The lowest BCUT2D eigenvalue weighted by molar-refractivity contribution is 0.538. The molecular weight excluding hydrogens is 240 g/mol. The molecular formula is C13H17F2NS. The summed E-state index contributed by atoms with van der Waals surface area (Å²) in [4.78, 5) is 0. The second-order valence-electron chi connectivity index (χ2n) is 4.52. The molecule has 0 radical (unpaired) electrons. The van der Waals surface area contributed by atoms with Gasteiger partial charge in [0.15, 0.2) is 5.82 Å². The molecule has 1 aromatic rings. The minimum Gasteiger partial charge on any atom is -0.380 e. The Morgan fingerprint density at radius 2 is 2.24 bits per heavy atom. The van der Waals surface area contributed by atoms with Crippen molar-refractivity contribution in [2.75, 3.05) is 23.4 Å². The second kappa shape index (κ2) is 5.71. The molecule has 1 nitrogen and oxygen atoms in total. The van der Waals surface area contributed by atoms with Crippen LogP contribution in [0, 0.1) is 24.5 Å². The highest BCUT2D eigenvalue weighted by molar-refractivity contribution is 7.99. The number of rotatable bonds is 3. The average Bonchev–Trinajstić information content (AvgIpc) is 2.35. The van der Waals surface area contributed by atoms with Crippen LogP contribution in [0.4, 0.5) is 14.5 Å². The number of halogens is 2. The van der Waals surface area contributed by atoms with Crippen LogP contribution in [0.3, 0.4) is 0 Å². The van der Waals surface area contributed by atoms with Crippen LogP contribution in [-0.2, 0) is 0 Å². The van der Waals surface area contributed by atoms with E-state index in [9.17, 15) is 8.78 Å². The molecule has 0 spiro atoms. The first-order valence-corrected chi connectivity index (χ1v) is 7.10. The summed E-state index contributed by atoms with van der Waals surface area (Å²) in [6, 6.07) is 2.78. The SMILES string of the molecule is Cc1ccc(F)c(NCC2CCCSC2)c1F. The van der Waals surface area contributed by atoms with Gasteiger partial charge in [-0.1, -0.05) is 6.07 Å². The summed E-state index contributed by atoms with van der Waals surface area (Å²) in [6.45, 7) is 2.31. The topological polar surface area (TPSA) is 12.0 Å². The third-order valence-corrected chi connectivity index (χ3v) is 4.39. The Morgan fingerprint density at radius 3 is 2.94 bits per heavy atom. The lowest BCUT2D eigenvalue weighted by Crippen LogP contribution is -2.21. The number of hydrogen-bond acceptors (Lipinski definition) is 2. The Bertz CT molecular complexity index is 389. The summed E-state index contributed by atoms with van der Waals surface area (Å²) in [5.74, 6) is 1.85. The zero-order valence-electron chi connectivity index (χ0n) is 9.93. The Hall–Kier alpha value is -0.770. The first-order chi connectivity index (χ1) is 8.18. The summed E-state index contributed by atoms with van der Waals surface area (Å²) < 4.78 is 27.2. The molecule has 1 aromatic carbocycles. The summed E-state index contributed by atoms with van der Waals surface area (Å²) >= 11 is 1.92. The van der Waals surface area contributed by atoms with Crippen molar-refractivity contribution in [3.8, 4) is 0 Å². The molecule has 1 saturated heterocycles. The number of thioether (sulfide) groups is 1. The molecule has 1 unspecified atom stereocenters. The van der Waals surface area contributed by atoms with Crippen molar-refractivity contribution in [2.45, 2.75) is 19.8 Å². The molecule has 0 saturated carbocycles. The number of hydrogen-bond donors (Lipinski definition) is 1. The van der Waals surface area contributed by atoms with Gasteiger partial charge in [0, 0.05) is 6.54 Å². The highest BCUT2D eigenvalue weighted by Crippen LogP contribution is 2.25. The van der Waals surface area contributed by atoms with Crippen molar-refractivity contribution in [1.29, 1.82) is 0 Å². The smallest absolute Gasteiger partial charge is 0.152 e. The number of nitrogens with one attached hydrogen (secondary N) is 1. The predicted octanol–water partition coefficient (Wildman–Crippen LogP) is 3.83. The van der Waals surface area contributed by atoms with Crippen LogP contribution < -0.4 is 5.32 Å². The van der Waals surface area contributed by atoms with E-state index in [0.29, 0.717) is 18.0 Å². The van der Waals surface area contributed by atoms with Gasteiger partial charge in [-0.05, 0) is 48.8 Å². The van der Waals surface area contributed by atoms with E-state index in [1.54, 1.807) is 6.92 Å². The van der Waals surface area contributed by atoms with E-state index in [2.05, 4.69) is 5.32 Å². The maximum absolute atomic E-state index is 13.7. The first-order valence-electron chi connectivity index (χ1n) is 5.94. The summed E-state index contributed by atoms with van der Waals surface area (Å²) in [7, 11) is 0. The largest absolute Gasteiger partial charge is 0.380 e. The maximum Gasteiger partial charge on any atom is 0.152 e. The standard InChI is InChI=1S/C13H17F2NS/c1-9-4-5-11(14)13(12(9)15)16-7-10-3-2-6-17-8-10/h4-5,10,16H,2-3,6-8H2,1H3. The fraction of sp³-hybridized carbons (Fsp3) is 0.538. The van der Waals surface area contributed by atoms with Crippen LogP contribution >= 0.6 is 11.8 Å². The van der Waals surface area contributed by atoms with Crippen LogP contribution in [0.5, 0.6) is 0 Å². The van der Waals surface area contributed by atoms with Gasteiger partial charge in [0.05, 0.1) is 0 Å². The third-order valence-electron chi connectivity index (χ3n) is 3.11. The molecule has 1 atom stereocenters. The lowest BCUT2D eigenvalue weighted by atomic mass is 10.1. The zero-order valence-corrected chi connectivity index (χ0v) is 10.7. The lowest BCUT2D eigenvalue weighted by Gasteiger charge is -2.22. The van der Waals surface area contributed by atoms with Gasteiger partial charge in [0.2, 0.25) is 0 Å². The van der Waals surface area contributed by atoms with E-state index >= 15 is 0 Å². The van der Waals surface area contributed by atoms with E-state index in [4.69, 9.17) is 0 Å². The molecule has 0 aromatic heterocycles. The monoisotopic (exact) mass is 257 g/mol. The molecule has 94 valence electrons. The minimum absolute atomic E-state index is 0.0283. The molecule has 1 heterocycles. The van der Waals surface area contributed by atoms with Gasteiger partial charge in [-0.25, -0.2) is 8.78 Å². The molecule has 0 bridgehead atoms. The van der Waals surface area contributed by atoms with E-state index in [-0.39, 0.29) is 5.69 Å². The van der Waals surface area contributed by atoms with E-state index in [0.717, 1.165) is 12.2 Å². The zero-order chi connectivity index (χ0) is 12.3. The van der Waals surface area contributed by atoms with Gasteiger partial charge in [0.1, 0.15) is 11.5 Å². The Kier molecular flexibility index (Phi) is 4.26. The van der Waals surface area contributed by atoms with Crippen molar-refractivity contribution in [3.63, 3.8) is 0 Å². The molecule has 2 rings (SSSR count). The van der Waals surface area contributed by atoms with Crippen molar-refractivity contribution in [3.05, 3.63) is 29.3 Å². The fourth-order valence-corrected chi connectivity index (χ4v) is 3.19. The molecule has 17 heavy (non-hydrogen) atoms. The van der Waals surface area contributed by atoms with Crippen LogP contribution in [0.25, 0.3) is 0 Å². The quantitative estimate of drug-likeness (QED) is 0.883. The van der Waals surface area contributed by atoms with Gasteiger partial charge >= 0.3 is 0 Å². The minimum atomic E-state index is -0.503. The number of anilines is 1. The summed E-state index contributed by atoms with van der Waals surface area (Å²) in [5, 5.41) is 2.93. The van der Waals surface area contributed by atoms with Gasteiger partial charge in [-0.15, -0.1) is 0 Å². The van der Waals surface area contributed by atoms with Crippen molar-refractivity contribution < 1.29 is 8.78 Å². The van der Waals surface area contributed by atoms with Gasteiger partial charge in [0.25, 0.3) is 0 Å². The van der Waals surface area contributed by atoms with E-state index < -0.39 is 11.6 Å². The third kappa shape index (κ3) is 3.12. The van der Waals surface area contributed by atoms with Crippen molar-refractivity contribution in [2.24, 2.45) is 5.92 Å². The number of benzene rings is 1. The predicted molar refractivity (Wildman–Crippen MR) is 69.6 cm³/mol. The average molecular weight is 257 g/mol. The highest BCUT2D eigenvalue weighted by atomic mass is 32.2. The molecule has 1 N–H and O–H groups in total.